The lowest BCUT2D eigenvalue weighted by Gasteiger charge is -2.49. The number of hydrogen-bond acceptors (Lipinski definition) is 9. The van der Waals surface area contributed by atoms with E-state index in [2.05, 4.69) is 0 Å². The molecule has 232 valence electrons. The summed E-state index contributed by atoms with van der Waals surface area (Å²) >= 11 is 6.15. The van der Waals surface area contributed by atoms with E-state index in [0.717, 1.165) is 5.56 Å². The van der Waals surface area contributed by atoms with Crippen molar-refractivity contribution >= 4 is 35.3 Å². The third kappa shape index (κ3) is 7.72. The topological polar surface area (TPSA) is 108 Å². The van der Waals surface area contributed by atoms with Crippen LogP contribution in [0.2, 0.25) is 5.02 Å². The largest absolute Gasteiger partial charge is 0.455 e. The zero-order valence-corrected chi connectivity index (χ0v) is 27.0. The van der Waals surface area contributed by atoms with Crippen LogP contribution >= 0.6 is 11.6 Å². The first kappa shape index (κ1) is 33.6. The lowest BCUT2D eigenvalue weighted by atomic mass is 9.86. The number of rotatable bonds is 5. The molecule has 0 radical (unpaired) electrons. The van der Waals surface area contributed by atoms with Crippen LogP contribution < -0.4 is 0 Å². The number of carbonyl (C=O) groups excluding carboxylic acids is 4. The van der Waals surface area contributed by atoms with E-state index in [1.54, 1.807) is 85.5 Å². The zero-order chi connectivity index (χ0) is 31.8. The van der Waals surface area contributed by atoms with Crippen LogP contribution in [0.5, 0.6) is 0 Å². The molecule has 0 saturated carbocycles. The highest BCUT2D eigenvalue weighted by Crippen LogP contribution is 2.40. The Morgan fingerprint density at radius 2 is 1.29 bits per heavy atom. The SMILES string of the molecule is C[C@@H]1C(=O)C=CN([C@H]2OC[C@@H](OC(=O)C(C)(C)C)[C@@H](OC(=O)C(C)(C)C)[C@@H]2OC(=O)C(C)(C)C)[C@H]1c1ccc(Cl)cc1. The molecule has 42 heavy (non-hydrogen) atoms. The van der Waals surface area contributed by atoms with Gasteiger partial charge in [0.2, 0.25) is 0 Å². The molecule has 1 aromatic carbocycles. The number of hydrogen-bond donors (Lipinski definition) is 0. The molecule has 0 N–H and O–H groups in total. The van der Waals surface area contributed by atoms with Crippen molar-refractivity contribution < 1.29 is 38.1 Å². The molecule has 10 heteroatoms. The maximum Gasteiger partial charge on any atom is 0.311 e. The van der Waals surface area contributed by atoms with Crippen LogP contribution in [0.15, 0.2) is 36.5 Å². The monoisotopic (exact) mass is 605 g/mol. The molecule has 0 spiro atoms. The number of carbonyl (C=O) groups is 4. The Morgan fingerprint density at radius 3 is 1.79 bits per heavy atom. The Labute approximate surface area is 253 Å². The second kappa shape index (κ2) is 12.4. The molecule has 2 aliphatic heterocycles. The minimum atomic E-state index is -1.21. The van der Waals surface area contributed by atoms with Gasteiger partial charge >= 0.3 is 17.9 Å². The van der Waals surface area contributed by atoms with Gasteiger partial charge in [-0.25, -0.2) is 0 Å². The molecule has 2 heterocycles. The third-order valence-electron chi connectivity index (χ3n) is 7.14. The van der Waals surface area contributed by atoms with Crippen LogP contribution in [0.3, 0.4) is 0 Å². The minimum absolute atomic E-state index is 0.0852. The number of nitrogens with zero attached hydrogens (tertiary/aromatic N) is 1. The Bertz CT molecular complexity index is 1200. The third-order valence-corrected chi connectivity index (χ3v) is 7.40. The first-order valence-electron chi connectivity index (χ1n) is 14.2. The van der Waals surface area contributed by atoms with Gasteiger partial charge in [0.05, 0.1) is 28.9 Å². The summed E-state index contributed by atoms with van der Waals surface area (Å²) in [4.78, 5) is 54.2. The molecule has 1 fully saturated rings. The molecule has 0 aliphatic carbocycles. The van der Waals surface area contributed by atoms with Gasteiger partial charge in [0.1, 0.15) is 0 Å². The van der Waals surface area contributed by atoms with E-state index in [1.165, 1.54) is 6.08 Å². The number of allylic oxidation sites excluding steroid dienone is 1. The Balaban J connectivity index is 2.14. The van der Waals surface area contributed by atoms with Crippen LogP contribution in [0.25, 0.3) is 0 Å². The van der Waals surface area contributed by atoms with Crippen molar-refractivity contribution in [2.24, 2.45) is 22.2 Å². The normalized spacial score (nSPS) is 26.9. The Kier molecular flexibility index (Phi) is 9.89. The highest BCUT2D eigenvalue weighted by Gasteiger charge is 2.53. The van der Waals surface area contributed by atoms with Crippen molar-refractivity contribution in [3.8, 4) is 0 Å². The van der Waals surface area contributed by atoms with Gasteiger partial charge in [-0.15, -0.1) is 0 Å². The minimum Gasteiger partial charge on any atom is -0.455 e. The van der Waals surface area contributed by atoms with Crippen molar-refractivity contribution in [1.82, 2.24) is 4.90 Å². The van der Waals surface area contributed by atoms with E-state index in [4.69, 9.17) is 30.5 Å². The Morgan fingerprint density at radius 1 is 0.810 bits per heavy atom. The number of ether oxygens (including phenoxy) is 4. The van der Waals surface area contributed by atoms with Crippen LogP contribution in [0.1, 0.15) is 80.8 Å². The van der Waals surface area contributed by atoms with Gasteiger partial charge in [-0.05, 0) is 86.1 Å². The van der Waals surface area contributed by atoms with Gasteiger partial charge in [-0.2, -0.15) is 0 Å². The molecular weight excluding hydrogens is 562 g/mol. The molecule has 2 aliphatic rings. The summed E-state index contributed by atoms with van der Waals surface area (Å²) in [5.74, 6) is -2.23. The molecule has 9 nitrogen and oxygen atoms in total. The lowest BCUT2D eigenvalue weighted by molar-refractivity contribution is -0.257. The average Bonchev–Trinajstić information content (AvgIpc) is 2.86. The van der Waals surface area contributed by atoms with E-state index in [-0.39, 0.29) is 12.4 Å². The van der Waals surface area contributed by atoms with E-state index in [1.807, 2.05) is 19.1 Å². The summed E-state index contributed by atoms with van der Waals surface area (Å²) in [6, 6.07) is 6.60. The van der Waals surface area contributed by atoms with Crippen molar-refractivity contribution in [2.45, 2.75) is 99.8 Å². The molecule has 1 saturated heterocycles. The van der Waals surface area contributed by atoms with Crippen LogP contribution in [-0.4, -0.2) is 59.7 Å². The fourth-order valence-corrected chi connectivity index (χ4v) is 4.60. The average molecular weight is 606 g/mol. The lowest BCUT2D eigenvalue weighted by Crippen LogP contribution is -2.63. The second-order valence-corrected chi connectivity index (χ2v) is 14.5. The summed E-state index contributed by atoms with van der Waals surface area (Å²) in [5.41, 5.74) is -1.87. The molecule has 0 aromatic heterocycles. The predicted octanol–water partition coefficient (Wildman–Crippen LogP) is 5.65. The summed E-state index contributed by atoms with van der Waals surface area (Å²) in [7, 11) is 0. The molecular formula is C32H44ClNO8. The molecule has 1 aromatic rings. The number of ketones is 1. The molecule has 3 rings (SSSR count). The predicted molar refractivity (Wildman–Crippen MR) is 157 cm³/mol. The van der Waals surface area contributed by atoms with Gasteiger partial charge in [0.15, 0.2) is 30.3 Å². The van der Waals surface area contributed by atoms with Crippen molar-refractivity contribution in [1.29, 1.82) is 0 Å². The zero-order valence-electron chi connectivity index (χ0n) is 26.2. The first-order chi connectivity index (χ1) is 19.2. The first-order valence-corrected chi connectivity index (χ1v) is 14.6. The van der Waals surface area contributed by atoms with E-state index < -0.39 is 70.7 Å². The summed E-state index contributed by atoms with van der Waals surface area (Å²) in [6.45, 7) is 17.0. The van der Waals surface area contributed by atoms with Crippen LogP contribution in [0, 0.1) is 22.2 Å². The summed E-state index contributed by atoms with van der Waals surface area (Å²) < 4.78 is 24.3. The van der Waals surface area contributed by atoms with Gasteiger partial charge in [-0.3, -0.25) is 19.2 Å². The number of esters is 3. The van der Waals surface area contributed by atoms with Crippen LogP contribution in [-0.2, 0) is 38.1 Å². The fourth-order valence-electron chi connectivity index (χ4n) is 4.48. The van der Waals surface area contributed by atoms with Gasteiger partial charge in [0.25, 0.3) is 0 Å². The second-order valence-electron chi connectivity index (χ2n) is 14.1. The van der Waals surface area contributed by atoms with Crippen molar-refractivity contribution in [3.63, 3.8) is 0 Å². The molecule has 6 atom stereocenters. The van der Waals surface area contributed by atoms with Gasteiger partial charge < -0.3 is 23.8 Å². The molecule has 0 amide bonds. The maximum absolute atomic E-state index is 13.4. The molecule has 0 bridgehead atoms. The number of halogens is 1. The highest BCUT2D eigenvalue weighted by atomic mass is 35.5. The van der Waals surface area contributed by atoms with E-state index in [9.17, 15) is 19.2 Å². The quantitative estimate of drug-likeness (QED) is 0.311. The van der Waals surface area contributed by atoms with Crippen LogP contribution in [0.4, 0.5) is 0 Å². The fraction of sp³-hybridized carbons (Fsp3) is 0.625. The maximum atomic E-state index is 13.4. The number of benzene rings is 1. The summed E-state index contributed by atoms with van der Waals surface area (Å²) in [5, 5.41) is 0.541. The van der Waals surface area contributed by atoms with Gasteiger partial charge in [0, 0.05) is 17.1 Å². The van der Waals surface area contributed by atoms with Gasteiger partial charge in [-0.1, -0.05) is 30.7 Å². The summed E-state index contributed by atoms with van der Waals surface area (Å²) in [6.07, 6.45) is -1.40. The van der Waals surface area contributed by atoms with E-state index >= 15 is 0 Å². The highest BCUT2D eigenvalue weighted by molar-refractivity contribution is 6.30. The van der Waals surface area contributed by atoms with E-state index in [0.29, 0.717) is 5.02 Å². The Hall–Kier alpha value is -2.91. The smallest absolute Gasteiger partial charge is 0.311 e. The van der Waals surface area contributed by atoms with Crippen molar-refractivity contribution in [2.75, 3.05) is 6.61 Å². The standard InChI is InChI=1S/C32H44ClNO8/c1-18-21(35)15-16-34(23(18)19-11-13-20(33)14-12-19)26-25(42-29(38)32(8,9)10)24(41-28(37)31(5,6)7)22(17-39-26)40-27(36)30(2,3)4/h11-16,18,22-26H,17H2,1-10H3/t18-,22-,23-,24-,25+,26+/m1/s1. The molecule has 0 unspecified atom stereocenters. The van der Waals surface area contributed by atoms with Crippen molar-refractivity contribution in [3.05, 3.63) is 47.1 Å².